The Morgan fingerprint density at radius 2 is 1.61 bits per heavy atom. The van der Waals surface area contributed by atoms with E-state index >= 15 is 0 Å². The molecule has 0 saturated heterocycles. The maximum absolute atomic E-state index is 15.0. The van der Waals surface area contributed by atoms with Gasteiger partial charge in [-0.15, -0.1) is 0 Å². The van der Waals surface area contributed by atoms with Gasteiger partial charge in [0.15, 0.2) is 0 Å². The molecule has 0 N–H and O–H groups in total. The van der Waals surface area contributed by atoms with E-state index < -0.39 is 17.1 Å². The lowest BCUT2D eigenvalue weighted by molar-refractivity contribution is -0.121. The molecule has 3 rings (SSSR count). The van der Waals surface area contributed by atoms with Crippen molar-refractivity contribution < 1.29 is 14.0 Å². The number of nitriles is 1. The fourth-order valence-corrected chi connectivity index (χ4v) is 4.69. The zero-order chi connectivity index (χ0) is 26.6. The van der Waals surface area contributed by atoms with Gasteiger partial charge >= 0.3 is 5.69 Å². The molecule has 1 aromatic heterocycles. The van der Waals surface area contributed by atoms with E-state index in [9.17, 15) is 23.6 Å². The lowest BCUT2D eigenvalue weighted by Crippen LogP contribution is -2.39. The van der Waals surface area contributed by atoms with Crippen LogP contribution in [0.25, 0.3) is 10.9 Å². The molecule has 188 valence electrons. The van der Waals surface area contributed by atoms with Crippen molar-refractivity contribution in [3.63, 3.8) is 0 Å². The summed E-state index contributed by atoms with van der Waals surface area (Å²) in [5.74, 6) is -1.20. The van der Waals surface area contributed by atoms with Crippen LogP contribution < -0.4 is 11.2 Å². The first-order chi connectivity index (χ1) is 17.1. The van der Waals surface area contributed by atoms with Crippen LogP contribution in [0.2, 0.25) is 5.02 Å². The predicted molar refractivity (Wildman–Crippen MR) is 136 cm³/mol. The van der Waals surface area contributed by atoms with Gasteiger partial charge in [-0.3, -0.25) is 23.5 Å². The Bertz CT molecular complexity index is 1500. The van der Waals surface area contributed by atoms with Crippen molar-refractivity contribution >= 4 is 34.1 Å². The Morgan fingerprint density at radius 3 is 2.17 bits per heavy atom. The van der Waals surface area contributed by atoms with Crippen LogP contribution in [0.1, 0.15) is 50.3 Å². The molecule has 0 amide bonds. The largest absolute Gasteiger partial charge is 0.331 e. The molecule has 0 aliphatic carbocycles. The Labute approximate surface area is 212 Å². The topological polar surface area (TPSA) is 102 Å². The van der Waals surface area contributed by atoms with E-state index in [1.54, 1.807) is 39.0 Å². The van der Waals surface area contributed by atoms with Crippen molar-refractivity contribution in [2.75, 3.05) is 0 Å². The van der Waals surface area contributed by atoms with Gasteiger partial charge in [-0.2, -0.15) is 5.26 Å². The van der Waals surface area contributed by atoms with Crippen LogP contribution in [-0.4, -0.2) is 20.7 Å². The predicted octanol–water partition coefficient (Wildman–Crippen LogP) is 4.21. The van der Waals surface area contributed by atoms with Crippen molar-refractivity contribution in [1.82, 2.24) is 9.13 Å². The second kappa shape index (κ2) is 11.4. The third-order valence-electron chi connectivity index (χ3n) is 6.07. The number of nitrogens with zero attached hydrogens (tertiary/aromatic N) is 3. The van der Waals surface area contributed by atoms with Crippen molar-refractivity contribution in [2.45, 2.75) is 59.5 Å². The Kier molecular flexibility index (Phi) is 8.59. The van der Waals surface area contributed by atoms with Crippen LogP contribution in [0, 0.1) is 23.1 Å². The molecule has 1 unspecified atom stereocenters. The quantitative estimate of drug-likeness (QED) is 0.406. The normalized spacial score (nSPS) is 11.9. The van der Waals surface area contributed by atoms with Gasteiger partial charge in [0.25, 0.3) is 5.56 Å². The molecule has 0 saturated carbocycles. The Hall–Kier alpha value is -3.57. The zero-order valence-electron chi connectivity index (χ0n) is 20.4. The van der Waals surface area contributed by atoms with E-state index in [0.717, 1.165) is 4.57 Å². The van der Waals surface area contributed by atoms with E-state index in [0.29, 0.717) is 16.7 Å². The third-order valence-corrected chi connectivity index (χ3v) is 6.38. The Morgan fingerprint density at radius 1 is 1.00 bits per heavy atom. The van der Waals surface area contributed by atoms with Crippen molar-refractivity contribution in [3.05, 3.63) is 78.7 Å². The molecular formula is C27H27ClFN3O4. The second-order valence-electron chi connectivity index (χ2n) is 8.92. The second-order valence-corrected chi connectivity index (χ2v) is 9.33. The van der Waals surface area contributed by atoms with Gasteiger partial charge in [0.2, 0.25) is 0 Å². The highest BCUT2D eigenvalue weighted by atomic mass is 35.5. The summed E-state index contributed by atoms with van der Waals surface area (Å²) in [6, 6.07) is 9.46. The van der Waals surface area contributed by atoms with Crippen LogP contribution in [0.4, 0.5) is 4.39 Å². The lowest BCUT2D eigenvalue weighted by atomic mass is 9.93. The van der Waals surface area contributed by atoms with Gasteiger partial charge in [-0.25, -0.2) is 9.18 Å². The molecule has 0 radical (unpaired) electrons. The monoisotopic (exact) mass is 511 g/mol. The summed E-state index contributed by atoms with van der Waals surface area (Å²) >= 11 is 6.02. The number of aryl methyl sites for hydroxylation is 1. The van der Waals surface area contributed by atoms with E-state index in [2.05, 4.69) is 0 Å². The van der Waals surface area contributed by atoms with E-state index in [4.69, 9.17) is 16.9 Å². The van der Waals surface area contributed by atoms with E-state index in [-0.39, 0.29) is 72.2 Å². The molecule has 0 spiro atoms. The Balaban J connectivity index is 1.71. The van der Waals surface area contributed by atoms with Gasteiger partial charge in [0, 0.05) is 38.8 Å². The van der Waals surface area contributed by atoms with Gasteiger partial charge < -0.3 is 0 Å². The number of hydrogen-bond donors (Lipinski definition) is 0. The van der Waals surface area contributed by atoms with E-state index in [1.165, 1.54) is 16.7 Å². The number of hydrogen-bond acceptors (Lipinski definition) is 5. The first-order valence-corrected chi connectivity index (χ1v) is 12.1. The van der Waals surface area contributed by atoms with Crippen molar-refractivity contribution in [1.29, 1.82) is 5.26 Å². The number of halogens is 2. The highest BCUT2D eigenvalue weighted by Crippen LogP contribution is 2.21. The fraction of sp³-hybridized carbons (Fsp3) is 0.370. The standard InChI is InChI=1S/C27H27ClFN3O4/c1-4-31-25-22(26(35)32(5-2)27(31)36)12-18(14-24(25)29)11-21(34)9-16(3)8-20(33)10-17-6-7-19(15-30)23(28)13-17/h6-7,12-14,16H,4-5,8-11H2,1-3H3. The number of carbonyl (C=O) groups is 2. The molecule has 0 fully saturated rings. The SMILES string of the molecule is CCn1c(=O)c2cc(CC(=O)CC(C)CC(=O)Cc3ccc(C#N)c(Cl)c3)cc(F)c2n(CC)c1=O. The highest BCUT2D eigenvalue weighted by Gasteiger charge is 2.19. The number of Topliss-reactive ketones (excluding diaryl/α,β-unsaturated/α-hetero) is 2. The summed E-state index contributed by atoms with van der Waals surface area (Å²) in [7, 11) is 0. The molecule has 0 bridgehead atoms. The molecule has 9 heteroatoms. The highest BCUT2D eigenvalue weighted by molar-refractivity contribution is 6.31. The van der Waals surface area contributed by atoms with Crippen LogP contribution in [0.5, 0.6) is 0 Å². The summed E-state index contributed by atoms with van der Waals surface area (Å²) in [6.45, 7) is 5.50. The molecule has 1 heterocycles. The van der Waals surface area contributed by atoms with Gasteiger partial charge in [0.05, 0.1) is 21.5 Å². The van der Waals surface area contributed by atoms with Crippen molar-refractivity contribution in [3.8, 4) is 6.07 Å². The van der Waals surface area contributed by atoms with E-state index in [1.807, 2.05) is 6.07 Å². The minimum atomic E-state index is -0.723. The molecule has 2 aromatic carbocycles. The smallest absolute Gasteiger partial charge is 0.299 e. The molecular weight excluding hydrogens is 485 g/mol. The van der Waals surface area contributed by atoms with Crippen LogP contribution in [-0.2, 0) is 35.5 Å². The van der Waals surface area contributed by atoms with Crippen LogP contribution in [0.15, 0.2) is 39.9 Å². The summed E-state index contributed by atoms with van der Waals surface area (Å²) in [6.07, 6.45) is 0.350. The number of aromatic nitrogens is 2. The maximum Gasteiger partial charge on any atom is 0.331 e. The van der Waals surface area contributed by atoms with Crippen molar-refractivity contribution in [2.24, 2.45) is 5.92 Å². The van der Waals surface area contributed by atoms with Gasteiger partial charge in [-0.05, 0) is 55.2 Å². The van der Waals surface area contributed by atoms with Crippen LogP contribution in [0.3, 0.4) is 0 Å². The third kappa shape index (κ3) is 5.80. The number of ketones is 2. The molecule has 1 atom stereocenters. The molecule has 36 heavy (non-hydrogen) atoms. The average molecular weight is 512 g/mol. The summed E-state index contributed by atoms with van der Waals surface area (Å²) in [5.41, 5.74) is 0.160. The number of carbonyl (C=O) groups excluding carboxylic acids is 2. The first-order valence-electron chi connectivity index (χ1n) is 11.8. The summed E-state index contributed by atoms with van der Waals surface area (Å²) < 4.78 is 17.2. The van der Waals surface area contributed by atoms with Gasteiger partial charge in [-0.1, -0.05) is 24.6 Å². The summed E-state index contributed by atoms with van der Waals surface area (Å²) in [5, 5.41) is 9.30. The van der Waals surface area contributed by atoms with Gasteiger partial charge in [0.1, 0.15) is 23.5 Å². The average Bonchev–Trinajstić information content (AvgIpc) is 2.80. The fourth-order valence-electron chi connectivity index (χ4n) is 4.45. The van der Waals surface area contributed by atoms with Crippen LogP contribution >= 0.6 is 11.6 Å². The zero-order valence-corrected chi connectivity index (χ0v) is 21.2. The number of rotatable bonds is 10. The maximum atomic E-state index is 15.0. The molecule has 3 aromatic rings. The number of fused-ring (bicyclic) bond motifs is 1. The molecule has 0 aliphatic rings. The molecule has 7 nitrogen and oxygen atoms in total. The molecule has 0 aliphatic heterocycles. The lowest BCUT2D eigenvalue weighted by Gasteiger charge is -2.14. The number of benzene rings is 2. The minimum Gasteiger partial charge on any atom is -0.299 e. The minimum absolute atomic E-state index is 0.0599. The first kappa shape index (κ1) is 27.0. The summed E-state index contributed by atoms with van der Waals surface area (Å²) in [4.78, 5) is 50.5.